The maximum Gasteiger partial charge on any atom is 0.240 e. The Morgan fingerprint density at radius 1 is 1.39 bits per heavy atom. The van der Waals surface area contributed by atoms with Crippen LogP contribution < -0.4 is 4.72 Å². The van der Waals surface area contributed by atoms with Crippen molar-refractivity contribution in [1.29, 1.82) is 0 Å². The Bertz CT molecular complexity index is 473. The van der Waals surface area contributed by atoms with Gasteiger partial charge in [-0.05, 0) is 25.0 Å². The summed E-state index contributed by atoms with van der Waals surface area (Å²) in [6, 6.07) is 6.77. The van der Waals surface area contributed by atoms with Crippen LogP contribution in [0.5, 0.6) is 0 Å². The maximum absolute atomic E-state index is 12.0. The number of aliphatic hydroxyl groups is 1. The SMILES string of the molecule is COCC(O)CCNS(=O)(=O)c1ccccc1C. The number of aliphatic hydroxyl groups excluding tert-OH is 1. The van der Waals surface area contributed by atoms with Crippen LogP contribution in [0.4, 0.5) is 0 Å². The highest BCUT2D eigenvalue weighted by atomic mass is 32.2. The standard InChI is InChI=1S/C12H19NO4S/c1-10-5-3-4-6-12(10)18(15,16)13-8-7-11(14)9-17-2/h3-6,11,13-14H,7-9H2,1-2H3. The Labute approximate surface area is 108 Å². The van der Waals surface area contributed by atoms with Crippen molar-refractivity contribution in [3.8, 4) is 0 Å². The molecule has 0 aliphatic rings. The van der Waals surface area contributed by atoms with Crippen molar-refractivity contribution < 1.29 is 18.3 Å². The first kappa shape index (κ1) is 15.1. The number of sulfonamides is 1. The molecule has 0 saturated heterocycles. The molecule has 1 atom stereocenters. The Hall–Kier alpha value is -0.950. The van der Waals surface area contributed by atoms with Crippen molar-refractivity contribution >= 4 is 10.0 Å². The number of rotatable bonds is 7. The van der Waals surface area contributed by atoms with Gasteiger partial charge in [-0.2, -0.15) is 0 Å². The van der Waals surface area contributed by atoms with E-state index in [0.717, 1.165) is 0 Å². The lowest BCUT2D eigenvalue weighted by molar-refractivity contribution is 0.0603. The third-order valence-corrected chi connectivity index (χ3v) is 4.13. The Balaban J connectivity index is 2.59. The minimum absolute atomic E-state index is 0.182. The van der Waals surface area contributed by atoms with Gasteiger partial charge in [0.15, 0.2) is 0 Å². The molecule has 0 saturated carbocycles. The van der Waals surface area contributed by atoms with Crippen molar-refractivity contribution in [2.45, 2.75) is 24.3 Å². The van der Waals surface area contributed by atoms with Gasteiger partial charge in [-0.15, -0.1) is 0 Å². The monoisotopic (exact) mass is 273 g/mol. The fraction of sp³-hybridized carbons (Fsp3) is 0.500. The largest absolute Gasteiger partial charge is 0.391 e. The van der Waals surface area contributed by atoms with Gasteiger partial charge in [0, 0.05) is 13.7 Å². The molecule has 0 radical (unpaired) electrons. The van der Waals surface area contributed by atoms with E-state index in [9.17, 15) is 13.5 Å². The third-order valence-electron chi connectivity index (χ3n) is 2.51. The maximum atomic E-state index is 12.0. The first-order valence-electron chi connectivity index (χ1n) is 5.69. The predicted octanol–water partition coefficient (Wildman–Crippen LogP) is 0.671. The first-order valence-corrected chi connectivity index (χ1v) is 7.18. The molecule has 102 valence electrons. The zero-order valence-electron chi connectivity index (χ0n) is 10.6. The predicted molar refractivity (Wildman–Crippen MR) is 68.9 cm³/mol. The van der Waals surface area contributed by atoms with E-state index in [1.54, 1.807) is 31.2 Å². The van der Waals surface area contributed by atoms with Gasteiger partial charge in [0.25, 0.3) is 0 Å². The fourth-order valence-electron chi connectivity index (χ4n) is 1.57. The average molecular weight is 273 g/mol. The van der Waals surface area contributed by atoms with Crippen LogP contribution in [-0.2, 0) is 14.8 Å². The topological polar surface area (TPSA) is 75.6 Å². The second kappa shape index (κ2) is 6.84. The van der Waals surface area contributed by atoms with E-state index in [0.29, 0.717) is 12.0 Å². The van der Waals surface area contributed by atoms with Gasteiger partial charge in [0.05, 0.1) is 17.6 Å². The summed E-state index contributed by atoms with van der Waals surface area (Å²) in [5.74, 6) is 0. The van der Waals surface area contributed by atoms with Gasteiger partial charge in [-0.25, -0.2) is 13.1 Å². The van der Waals surface area contributed by atoms with Crippen molar-refractivity contribution in [3.63, 3.8) is 0 Å². The molecule has 0 aliphatic carbocycles. The van der Waals surface area contributed by atoms with Crippen LogP contribution in [-0.4, -0.2) is 39.9 Å². The van der Waals surface area contributed by atoms with Crippen molar-refractivity contribution in [1.82, 2.24) is 4.72 Å². The molecule has 1 unspecified atom stereocenters. The van der Waals surface area contributed by atoms with Crippen molar-refractivity contribution in [3.05, 3.63) is 29.8 Å². The fourth-order valence-corrected chi connectivity index (χ4v) is 2.86. The molecule has 0 heterocycles. The lowest BCUT2D eigenvalue weighted by Crippen LogP contribution is -2.29. The molecule has 0 amide bonds. The molecule has 5 nitrogen and oxygen atoms in total. The zero-order valence-corrected chi connectivity index (χ0v) is 11.4. The number of benzene rings is 1. The molecule has 1 aromatic carbocycles. The van der Waals surface area contributed by atoms with Crippen LogP contribution in [0, 0.1) is 6.92 Å². The summed E-state index contributed by atoms with van der Waals surface area (Å²) in [4.78, 5) is 0.270. The molecule has 1 rings (SSSR count). The lowest BCUT2D eigenvalue weighted by atomic mass is 10.2. The molecule has 0 bridgehead atoms. The van der Waals surface area contributed by atoms with Crippen molar-refractivity contribution in [2.24, 2.45) is 0 Å². The van der Waals surface area contributed by atoms with E-state index in [4.69, 9.17) is 4.74 Å². The molecule has 18 heavy (non-hydrogen) atoms. The third kappa shape index (κ3) is 4.38. The molecular weight excluding hydrogens is 254 g/mol. The van der Waals surface area contributed by atoms with Gasteiger partial charge in [0.2, 0.25) is 10.0 Å². The molecule has 0 fully saturated rings. The quantitative estimate of drug-likeness (QED) is 0.765. The second-order valence-electron chi connectivity index (χ2n) is 4.06. The molecule has 0 spiro atoms. The van der Waals surface area contributed by atoms with Gasteiger partial charge in [-0.3, -0.25) is 0 Å². The number of aryl methyl sites for hydroxylation is 1. The smallest absolute Gasteiger partial charge is 0.240 e. The number of hydrogen-bond donors (Lipinski definition) is 2. The number of hydrogen-bond acceptors (Lipinski definition) is 4. The summed E-state index contributed by atoms with van der Waals surface area (Å²) in [5.41, 5.74) is 0.697. The minimum Gasteiger partial charge on any atom is -0.391 e. The molecule has 6 heteroatoms. The lowest BCUT2D eigenvalue weighted by Gasteiger charge is -2.11. The van der Waals surface area contributed by atoms with Crippen LogP contribution >= 0.6 is 0 Å². The highest BCUT2D eigenvalue weighted by molar-refractivity contribution is 7.89. The van der Waals surface area contributed by atoms with E-state index in [-0.39, 0.29) is 18.0 Å². The summed E-state index contributed by atoms with van der Waals surface area (Å²) in [6.45, 7) is 2.13. The van der Waals surface area contributed by atoms with Gasteiger partial charge < -0.3 is 9.84 Å². The molecule has 2 N–H and O–H groups in total. The van der Waals surface area contributed by atoms with E-state index in [1.165, 1.54) is 7.11 Å². The highest BCUT2D eigenvalue weighted by Crippen LogP contribution is 2.13. The van der Waals surface area contributed by atoms with Crippen LogP contribution in [0.3, 0.4) is 0 Å². The van der Waals surface area contributed by atoms with E-state index in [2.05, 4.69) is 4.72 Å². The molecule has 0 aromatic heterocycles. The summed E-state index contributed by atoms with van der Waals surface area (Å²) < 4.78 is 31.2. The van der Waals surface area contributed by atoms with Crippen LogP contribution in [0.25, 0.3) is 0 Å². The zero-order chi connectivity index (χ0) is 13.6. The number of nitrogens with one attached hydrogen (secondary N) is 1. The Morgan fingerprint density at radius 3 is 2.67 bits per heavy atom. The van der Waals surface area contributed by atoms with E-state index < -0.39 is 16.1 Å². The Morgan fingerprint density at radius 2 is 2.06 bits per heavy atom. The summed E-state index contributed by atoms with van der Waals surface area (Å²) in [5, 5.41) is 9.41. The minimum atomic E-state index is -3.50. The average Bonchev–Trinajstić information content (AvgIpc) is 2.29. The van der Waals surface area contributed by atoms with E-state index in [1.807, 2.05) is 0 Å². The highest BCUT2D eigenvalue weighted by Gasteiger charge is 2.16. The summed E-state index contributed by atoms with van der Waals surface area (Å²) in [7, 11) is -2.02. The van der Waals surface area contributed by atoms with Gasteiger partial charge in [0.1, 0.15) is 0 Å². The van der Waals surface area contributed by atoms with Gasteiger partial charge >= 0.3 is 0 Å². The van der Waals surface area contributed by atoms with Crippen LogP contribution in [0.2, 0.25) is 0 Å². The summed E-state index contributed by atoms with van der Waals surface area (Å²) >= 11 is 0. The number of ether oxygens (including phenoxy) is 1. The second-order valence-corrected chi connectivity index (χ2v) is 5.80. The van der Waals surface area contributed by atoms with Crippen molar-refractivity contribution in [2.75, 3.05) is 20.3 Å². The molecule has 1 aromatic rings. The normalized spacial score (nSPS) is 13.5. The van der Waals surface area contributed by atoms with Gasteiger partial charge in [-0.1, -0.05) is 18.2 Å². The first-order chi connectivity index (χ1) is 8.47. The summed E-state index contributed by atoms with van der Waals surface area (Å²) in [6.07, 6.45) is -0.339. The van der Waals surface area contributed by atoms with Crippen LogP contribution in [0.1, 0.15) is 12.0 Å². The Kier molecular flexibility index (Phi) is 5.74. The van der Waals surface area contributed by atoms with E-state index >= 15 is 0 Å². The number of methoxy groups -OCH3 is 1. The molecular formula is C12H19NO4S. The van der Waals surface area contributed by atoms with Crippen LogP contribution in [0.15, 0.2) is 29.2 Å². The molecule has 0 aliphatic heterocycles.